The third-order valence-electron chi connectivity index (χ3n) is 3.79. The molecule has 22 heavy (non-hydrogen) atoms. The van der Waals surface area contributed by atoms with Gasteiger partial charge in [0, 0.05) is 36.4 Å². The predicted molar refractivity (Wildman–Crippen MR) is 91.6 cm³/mol. The first kappa shape index (κ1) is 19.2. The van der Waals surface area contributed by atoms with Gasteiger partial charge in [0.05, 0.1) is 12.4 Å². The Morgan fingerprint density at radius 3 is 2.73 bits per heavy atom. The normalized spacial score (nSPS) is 16.6. The Balaban J connectivity index is 0.00000242. The molecule has 1 fully saturated rings. The molecule has 0 radical (unpaired) electrons. The Hall–Kier alpha value is -0.820. The second-order valence-electron chi connectivity index (χ2n) is 5.43. The van der Waals surface area contributed by atoms with Crippen molar-refractivity contribution in [3.8, 4) is 0 Å². The lowest BCUT2D eigenvalue weighted by atomic mass is 9.79. The SMILES string of the molecule is COCC1(CNC(=O)CSc2ccncc2)CCNCC1.Cl. The van der Waals surface area contributed by atoms with Crippen molar-refractivity contribution in [2.75, 3.05) is 39.1 Å². The summed E-state index contributed by atoms with van der Waals surface area (Å²) in [5, 5.41) is 6.42. The van der Waals surface area contributed by atoms with Crippen LogP contribution >= 0.6 is 24.2 Å². The Morgan fingerprint density at radius 1 is 1.41 bits per heavy atom. The van der Waals surface area contributed by atoms with E-state index in [1.165, 1.54) is 11.8 Å². The van der Waals surface area contributed by atoms with Crippen LogP contribution in [0.25, 0.3) is 0 Å². The second-order valence-corrected chi connectivity index (χ2v) is 6.48. The average molecular weight is 346 g/mol. The zero-order chi connectivity index (χ0) is 15.0. The highest BCUT2D eigenvalue weighted by Gasteiger charge is 2.32. The molecule has 2 heterocycles. The summed E-state index contributed by atoms with van der Waals surface area (Å²) in [5.41, 5.74) is 0.0804. The molecule has 1 saturated heterocycles. The van der Waals surface area contributed by atoms with E-state index in [9.17, 15) is 4.79 Å². The number of pyridine rings is 1. The van der Waals surface area contributed by atoms with Crippen molar-refractivity contribution in [2.24, 2.45) is 5.41 Å². The number of rotatable bonds is 7. The zero-order valence-corrected chi connectivity index (χ0v) is 14.5. The summed E-state index contributed by atoms with van der Waals surface area (Å²) < 4.78 is 5.36. The lowest BCUT2D eigenvalue weighted by Gasteiger charge is -2.37. The molecule has 0 atom stereocenters. The van der Waals surface area contributed by atoms with Crippen molar-refractivity contribution < 1.29 is 9.53 Å². The Labute approximate surface area is 142 Å². The molecule has 0 aliphatic carbocycles. The lowest BCUT2D eigenvalue weighted by molar-refractivity contribution is -0.119. The highest BCUT2D eigenvalue weighted by Crippen LogP contribution is 2.28. The van der Waals surface area contributed by atoms with E-state index in [2.05, 4.69) is 15.6 Å². The van der Waals surface area contributed by atoms with Crippen LogP contribution in [0.3, 0.4) is 0 Å². The van der Waals surface area contributed by atoms with Crippen molar-refractivity contribution in [3.63, 3.8) is 0 Å². The van der Waals surface area contributed by atoms with Gasteiger partial charge in [-0.15, -0.1) is 24.2 Å². The summed E-state index contributed by atoms with van der Waals surface area (Å²) in [7, 11) is 1.73. The number of hydrogen-bond donors (Lipinski definition) is 2. The van der Waals surface area contributed by atoms with Gasteiger partial charge in [-0.3, -0.25) is 9.78 Å². The molecular weight excluding hydrogens is 322 g/mol. The van der Waals surface area contributed by atoms with Gasteiger partial charge in [-0.1, -0.05) is 0 Å². The van der Waals surface area contributed by atoms with Crippen molar-refractivity contribution in [1.29, 1.82) is 0 Å². The van der Waals surface area contributed by atoms with Crippen LogP contribution in [0.15, 0.2) is 29.4 Å². The molecule has 5 nitrogen and oxygen atoms in total. The van der Waals surface area contributed by atoms with E-state index in [1.54, 1.807) is 19.5 Å². The number of halogens is 1. The molecule has 1 aromatic rings. The van der Waals surface area contributed by atoms with Gasteiger partial charge < -0.3 is 15.4 Å². The van der Waals surface area contributed by atoms with Crippen LogP contribution in [0.2, 0.25) is 0 Å². The summed E-state index contributed by atoms with van der Waals surface area (Å²) in [6, 6.07) is 3.83. The molecule has 0 aromatic carbocycles. The maximum absolute atomic E-state index is 12.0. The Morgan fingerprint density at radius 2 is 2.09 bits per heavy atom. The summed E-state index contributed by atoms with van der Waals surface area (Å²) in [5.74, 6) is 0.511. The number of amides is 1. The molecule has 0 unspecified atom stereocenters. The van der Waals surface area contributed by atoms with E-state index in [0.717, 1.165) is 30.8 Å². The van der Waals surface area contributed by atoms with Crippen LogP contribution in [-0.4, -0.2) is 50.0 Å². The first-order valence-electron chi connectivity index (χ1n) is 7.23. The molecule has 1 aliphatic heterocycles. The van der Waals surface area contributed by atoms with Gasteiger partial charge in [0.1, 0.15) is 0 Å². The molecule has 2 N–H and O–H groups in total. The minimum absolute atomic E-state index is 0. The van der Waals surface area contributed by atoms with Crippen molar-refractivity contribution in [3.05, 3.63) is 24.5 Å². The van der Waals surface area contributed by atoms with Gasteiger partial charge in [-0.25, -0.2) is 0 Å². The maximum atomic E-state index is 12.0. The molecule has 1 aliphatic rings. The second kappa shape index (κ2) is 10.0. The third kappa shape index (κ3) is 6.12. The van der Waals surface area contributed by atoms with E-state index < -0.39 is 0 Å². The van der Waals surface area contributed by atoms with Crippen LogP contribution in [0.5, 0.6) is 0 Å². The number of nitrogens with zero attached hydrogens (tertiary/aromatic N) is 1. The van der Waals surface area contributed by atoms with Gasteiger partial charge in [0.15, 0.2) is 0 Å². The highest BCUT2D eigenvalue weighted by molar-refractivity contribution is 8.00. The smallest absolute Gasteiger partial charge is 0.230 e. The van der Waals surface area contributed by atoms with Crippen LogP contribution in [0, 0.1) is 5.41 Å². The number of methoxy groups -OCH3 is 1. The van der Waals surface area contributed by atoms with E-state index in [-0.39, 0.29) is 23.7 Å². The molecule has 124 valence electrons. The van der Waals surface area contributed by atoms with Gasteiger partial charge >= 0.3 is 0 Å². The molecule has 7 heteroatoms. The number of carbonyl (C=O) groups excluding carboxylic acids is 1. The summed E-state index contributed by atoms with van der Waals surface area (Å²) in [4.78, 5) is 17.0. The number of aromatic nitrogens is 1. The third-order valence-corrected chi connectivity index (χ3v) is 4.81. The van der Waals surface area contributed by atoms with E-state index in [0.29, 0.717) is 18.9 Å². The van der Waals surface area contributed by atoms with Crippen molar-refractivity contribution in [2.45, 2.75) is 17.7 Å². The predicted octanol–water partition coefficient (Wildman–Crippen LogP) is 1.73. The average Bonchev–Trinajstić information content (AvgIpc) is 2.53. The lowest BCUT2D eigenvalue weighted by Crippen LogP contribution is -2.47. The fraction of sp³-hybridized carbons (Fsp3) is 0.600. The molecular formula is C15H24ClN3O2S. The minimum Gasteiger partial charge on any atom is -0.384 e. The van der Waals surface area contributed by atoms with Gasteiger partial charge in [0.25, 0.3) is 0 Å². The fourth-order valence-corrected chi connectivity index (χ4v) is 3.27. The molecule has 0 spiro atoms. The van der Waals surface area contributed by atoms with Crippen LogP contribution in [0.1, 0.15) is 12.8 Å². The van der Waals surface area contributed by atoms with E-state index >= 15 is 0 Å². The first-order valence-corrected chi connectivity index (χ1v) is 8.22. The number of ether oxygens (including phenoxy) is 1. The zero-order valence-electron chi connectivity index (χ0n) is 12.8. The van der Waals surface area contributed by atoms with Crippen LogP contribution < -0.4 is 10.6 Å². The number of hydrogen-bond acceptors (Lipinski definition) is 5. The number of piperidine rings is 1. The quantitative estimate of drug-likeness (QED) is 0.737. The van der Waals surface area contributed by atoms with Crippen LogP contribution in [-0.2, 0) is 9.53 Å². The largest absolute Gasteiger partial charge is 0.384 e. The number of nitrogens with one attached hydrogen (secondary N) is 2. The van der Waals surface area contributed by atoms with Crippen molar-refractivity contribution in [1.82, 2.24) is 15.6 Å². The number of thioether (sulfide) groups is 1. The minimum atomic E-state index is 0. The topological polar surface area (TPSA) is 63.2 Å². The maximum Gasteiger partial charge on any atom is 0.230 e. The van der Waals surface area contributed by atoms with Gasteiger partial charge in [-0.05, 0) is 38.1 Å². The Kier molecular flexibility index (Phi) is 8.78. The summed E-state index contributed by atoms with van der Waals surface area (Å²) >= 11 is 1.53. The molecule has 0 bridgehead atoms. The molecule has 2 rings (SSSR count). The van der Waals surface area contributed by atoms with Gasteiger partial charge in [-0.2, -0.15) is 0 Å². The van der Waals surface area contributed by atoms with E-state index in [1.807, 2.05) is 12.1 Å². The monoisotopic (exact) mass is 345 g/mol. The molecule has 0 saturated carbocycles. The van der Waals surface area contributed by atoms with Crippen molar-refractivity contribution >= 4 is 30.1 Å². The standard InChI is InChI=1S/C15H23N3O2S.ClH/c1-20-12-15(4-8-17-9-5-15)11-18-14(19)10-21-13-2-6-16-7-3-13;/h2-3,6-7,17H,4-5,8-12H2,1H3,(H,18,19);1H. The number of carbonyl (C=O) groups is 1. The van der Waals surface area contributed by atoms with Gasteiger partial charge in [0.2, 0.25) is 5.91 Å². The summed E-state index contributed by atoms with van der Waals surface area (Å²) in [6.45, 7) is 3.38. The molecule has 1 aromatic heterocycles. The molecule has 1 amide bonds. The fourth-order valence-electron chi connectivity index (χ4n) is 2.56. The van der Waals surface area contributed by atoms with E-state index in [4.69, 9.17) is 4.74 Å². The Bertz CT molecular complexity index is 436. The summed E-state index contributed by atoms with van der Waals surface area (Å²) in [6.07, 6.45) is 5.56. The van der Waals surface area contributed by atoms with Crippen LogP contribution in [0.4, 0.5) is 0 Å². The first-order chi connectivity index (χ1) is 10.2. The highest BCUT2D eigenvalue weighted by atomic mass is 35.5.